The summed E-state index contributed by atoms with van der Waals surface area (Å²) in [5.41, 5.74) is 9.72. The molecule has 1 heterocycles. The van der Waals surface area contributed by atoms with Crippen LogP contribution in [-0.4, -0.2) is 24.7 Å². The topological polar surface area (TPSA) is 60.2 Å². The van der Waals surface area contributed by atoms with Gasteiger partial charge in [0.2, 0.25) is 0 Å². The summed E-state index contributed by atoms with van der Waals surface area (Å²) in [6.45, 7) is 10.6. The van der Waals surface area contributed by atoms with E-state index in [2.05, 4.69) is 37.5 Å². The van der Waals surface area contributed by atoms with Crippen LogP contribution in [0.5, 0.6) is 5.75 Å². The Morgan fingerprint density at radius 1 is 1.28 bits per heavy atom. The lowest BCUT2D eigenvalue weighted by Gasteiger charge is -2.20. The van der Waals surface area contributed by atoms with Crippen LogP contribution in [0.1, 0.15) is 31.0 Å². The summed E-state index contributed by atoms with van der Waals surface area (Å²) in [5.74, 6) is 0.860. The number of ether oxygens (including phenoxy) is 1. The Hall–Kier alpha value is -2.33. The fourth-order valence-electron chi connectivity index (χ4n) is 3.04. The Bertz CT molecular complexity index is 739. The molecule has 1 aromatic heterocycles. The maximum absolute atomic E-state index is 5.64. The number of nitrogens with one attached hydrogen (secondary N) is 1. The highest BCUT2D eigenvalue weighted by Gasteiger charge is 2.15. The number of pyridine rings is 1. The summed E-state index contributed by atoms with van der Waals surface area (Å²) in [5, 5.41) is 4.68. The Morgan fingerprint density at radius 3 is 2.68 bits per heavy atom. The molecule has 4 heteroatoms. The number of fused-ring (bicyclic) bond motifs is 1. The Morgan fingerprint density at radius 2 is 2.04 bits per heavy atom. The van der Waals surface area contributed by atoms with Gasteiger partial charge >= 0.3 is 0 Å². The van der Waals surface area contributed by atoms with Gasteiger partial charge in [0.25, 0.3) is 0 Å². The molecule has 1 unspecified atom stereocenters. The zero-order valence-electron chi connectivity index (χ0n) is 15.3. The molecule has 2 rings (SSSR count). The van der Waals surface area contributed by atoms with Crippen LogP contribution in [0, 0.1) is 0 Å². The van der Waals surface area contributed by atoms with E-state index in [0.29, 0.717) is 12.6 Å². The monoisotopic (exact) mass is 339 g/mol. The van der Waals surface area contributed by atoms with Gasteiger partial charge in [-0.2, -0.15) is 0 Å². The number of aromatic nitrogens is 1. The SMILES string of the molecule is C=CCc1ccc2c(CC=C)c(OC)cc(NC(C)CCCN)c2n1. The first kappa shape index (κ1) is 19.0. The van der Waals surface area contributed by atoms with Gasteiger partial charge in [0.05, 0.1) is 18.3 Å². The van der Waals surface area contributed by atoms with Crippen molar-refractivity contribution in [3.8, 4) is 5.75 Å². The van der Waals surface area contributed by atoms with Crippen LogP contribution in [0.3, 0.4) is 0 Å². The maximum Gasteiger partial charge on any atom is 0.125 e. The van der Waals surface area contributed by atoms with Gasteiger partial charge < -0.3 is 15.8 Å². The zero-order valence-corrected chi connectivity index (χ0v) is 15.3. The molecular formula is C21H29N3O. The molecule has 4 nitrogen and oxygen atoms in total. The summed E-state index contributed by atoms with van der Waals surface area (Å²) in [6.07, 6.45) is 7.27. The number of benzene rings is 1. The number of allylic oxidation sites excluding steroid dienone is 2. The van der Waals surface area contributed by atoms with Crippen molar-refractivity contribution in [3.05, 3.63) is 54.8 Å². The molecule has 3 N–H and O–H groups in total. The average molecular weight is 339 g/mol. The third-order valence-electron chi connectivity index (χ3n) is 4.27. The number of nitrogens with zero attached hydrogens (tertiary/aromatic N) is 1. The second kappa shape index (κ2) is 9.23. The number of hydrogen-bond acceptors (Lipinski definition) is 4. The molecule has 25 heavy (non-hydrogen) atoms. The molecule has 0 fully saturated rings. The molecule has 0 radical (unpaired) electrons. The fraction of sp³-hybridized carbons (Fsp3) is 0.381. The lowest BCUT2D eigenvalue weighted by Crippen LogP contribution is -2.17. The van der Waals surface area contributed by atoms with Crippen molar-refractivity contribution in [2.75, 3.05) is 19.0 Å². The van der Waals surface area contributed by atoms with Crippen molar-refractivity contribution in [1.29, 1.82) is 0 Å². The van der Waals surface area contributed by atoms with Crippen LogP contribution < -0.4 is 15.8 Å². The molecule has 0 saturated carbocycles. The second-order valence-corrected chi connectivity index (χ2v) is 6.27. The minimum atomic E-state index is 0.312. The van der Waals surface area contributed by atoms with Gasteiger partial charge in [0, 0.05) is 35.2 Å². The molecule has 134 valence electrons. The van der Waals surface area contributed by atoms with Crippen molar-refractivity contribution in [1.82, 2.24) is 4.98 Å². The van der Waals surface area contributed by atoms with Crippen molar-refractivity contribution in [2.45, 2.75) is 38.6 Å². The molecule has 0 aliphatic rings. The van der Waals surface area contributed by atoms with Gasteiger partial charge in [-0.3, -0.25) is 4.98 Å². The molecule has 0 aliphatic heterocycles. The quantitative estimate of drug-likeness (QED) is 0.636. The molecule has 0 aliphatic carbocycles. The molecule has 0 saturated heterocycles. The normalized spacial score (nSPS) is 12.0. The molecule has 0 bridgehead atoms. The van der Waals surface area contributed by atoms with Crippen molar-refractivity contribution in [2.24, 2.45) is 5.73 Å². The van der Waals surface area contributed by atoms with Gasteiger partial charge in [-0.25, -0.2) is 0 Å². The largest absolute Gasteiger partial charge is 0.496 e. The van der Waals surface area contributed by atoms with E-state index in [4.69, 9.17) is 15.5 Å². The van der Waals surface area contributed by atoms with E-state index < -0.39 is 0 Å². The molecule has 0 amide bonds. The predicted octanol–water partition coefficient (Wildman–Crippen LogP) is 4.24. The van der Waals surface area contributed by atoms with Gasteiger partial charge in [-0.15, -0.1) is 13.2 Å². The highest BCUT2D eigenvalue weighted by molar-refractivity contribution is 5.95. The second-order valence-electron chi connectivity index (χ2n) is 6.27. The molecule has 2 aromatic rings. The van der Waals surface area contributed by atoms with Crippen molar-refractivity contribution < 1.29 is 4.74 Å². The first-order valence-electron chi connectivity index (χ1n) is 8.82. The van der Waals surface area contributed by atoms with Crippen molar-refractivity contribution >= 4 is 16.6 Å². The van der Waals surface area contributed by atoms with Crippen LogP contribution in [0.15, 0.2) is 43.5 Å². The van der Waals surface area contributed by atoms with E-state index in [1.807, 2.05) is 18.2 Å². The number of anilines is 1. The van der Waals surface area contributed by atoms with Crippen LogP contribution in [0.4, 0.5) is 5.69 Å². The molecule has 1 aromatic carbocycles. The lowest BCUT2D eigenvalue weighted by atomic mass is 10.0. The third-order valence-corrected chi connectivity index (χ3v) is 4.27. The van der Waals surface area contributed by atoms with E-state index in [0.717, 1.165) is 59.3 Å². The number of rotatable bonds is 10. The zero-order chi connectivity index (χ0) is 18.2. The fourth-order valence-corrected chi connectivity index (χ4v) is 3.04. The molecule has 1 atom stereocenters. The molecular weight excluding hydrogens is 310 g/mol. The standard InChI is InChI=1S/C21H29N3O/c1-5-8-16-11-12-18-17(9-6-2)20(25-4)14-19(21(18)24-16)23-15(3)10-7-13-22/h5-6,11-12,14-15,23H,1-2,7-10,13,22H2,3-4H3. The summed E-state index contributed by atoms with van der Waals surface area (Å²) in [7, 11) is 1.70. The smallest absolute Gasteiger partial charge is 0.125 e. The maximum atomic E-state index is 5.64. The van der Waals surface area contributed by atoms with E-state index in [1.54, 1.807) is 7.11 Å². The van der Waals surface area contributed by atoms with Gasteiger partial charge in [-0.05, 0) is 38.8 Å². The van der Waals surface area contributed by atoms with E-state index in [-0.39, 0.29) is 0 Å². The molecule has 0 spiro atoms. The first-order chi connectivity index (χ1) is 12.1. The summed E-state index contributed by atoms with van der Waals surface area (Å²) in [6, 6.07) is 6.53. The van der Waals surface area contributed by atoms with Crippen LogP contribution >= 0.6 is 0 Å². The Kier molecular flexibility index (Phi) is 7.02. The third kappa shape index (κ3) is 4.60. The number of hydrogen-bond donors (Lipinski definition) is 2. The average Bonchev–Trinajstić information content (AvgIpc) is 2.62. The number of methoxy groups -OCH3 is 1. The predicted molar refractivity (Wildman–Crippen MR) is 107 cm³/mol. The first-order valence-corrected chi connectivity index (χ1v) is 8.82. The van der Waals surface area contributed by atoms with Crippen LogP contribution in [-0.2, 0) is 12.8 Å². The highest BCUT2D eigenvalue weighted by Crippen LogP contribution is 2.34. The highest BCUT2D eigenvalue weighted by atomic mass is 16.5. The minimum absolute atomic E-state index is 0.312. The van der Waals surface area contributed by atoms with Crippen LogP contribution in [0.2, 0.25) is 0 Å². The van der Waals surface area contributed by atoms with E-state index in [1.165, 1.54) is 0 Å². The number of nitrogens with two attached hydrogens (primary N) is 1. The summed E-state index contributed by atoms with van der Waals surface area (Å²) >= 11 is 0. The van der Waals surface area contributed by atoms with Gasteiger partial charge in [-0.1, -0.05) is 18.2 Å². The van der Waals surface area contributed by atoms with Gasteiger partial charge in [0.1, 0.15) is 5.75 Å². The summed E-state index contributed by atoms with van der Waals surface area (Å²) < 4.78 is 5.64. The van der Waals surface area contributed by atoms with E-state index in [9.17, 15) is 0 Å². The summed E-state index contributed by atoms with van der Waals surface area (Å²) in [4.78, 5) is 4.87. The Balaban J connectivity index is 2.56. The van der Waals surface area contributed by atoms with E-state index >= 15 is 0 Å². The van der Waals surface area contributed by atoms with Gasteiger partial charge in [0.15, 0.2) is 0 Å². The minimum Gasteiger partial charge on any atom is -0.496 e. The van der Waals surface area contributed by atoms with Crippen molar-refractivity contribution in [3.63, 3.8) is 0 Å². The van der Waals surface area contributed by atoms with Crippen LogP contribution in [0.25, 0.3) is 10.9 Å². The Labute approximate surface area is 150 Å². The lowest BCUT2D eigenvalue weighted by molar-refractivity contribution is 0.411.